The van der Waals surface area contributed by atoms with Gasteiger partial charge in [0.2, 0.25) is 11.8 Å². The molecule has 0 bridgehead atoms. The van der Waals surface area contributed by atoms with Crippen molar-refractivity contribution < 1.29 is 38.9 Å². The molecule has 1 rings (SSSR count). The van der Waals surface area contributed by atoms with Gasteiger partial charge in [0.25, 0.3) is 0 Å². The number of carbonyl (C=O) groups excluding carboxylic acids is 3. The number of anilines is 1. The second-order valence-electron chi connectivity index (χ2n) is 8.28. The zero-order valence-corrected chi connectivity index (χ0v) is 19.2. The quantitative estimate of drug-likeness (QED) is 0.272. The third kappa shape index (κ3) is 13.1. The zero-order chi connectivity index (χ0) is 24.9. The Hall–Kier alpha value is -3.18. The van der Waals surface area contributed by atoms with Crippen molar-refractivity contribution in [3.8, 4) is 0 Å². The Balaban J connectivity index is 2.60. The van der Waals surface area contributed by atoms with Gasteiger partial charge < -0.3 is 35.6 Å². The SMILES string of the molecule is CC(C)(C)OC(=O)NCCCC[C@H](NC(=O)COCC(=O)O)C(=O)Nc1ccc(CO)cc1. The highest BCUT2D eigenvalue weighted by Gasteiger charge is 2.21. The number of rotatable bonds is 13. The number of nitrogens with one attached hydrogen (secondary N) is 3. The summed E-state index contributed by atoms with van der Waals surface area (Å²) in [6.45, 7) is 4.36. The summed E-state index contributed by atoms with van der Waals surface area (Å²) in [6.07, 6.45) is 0.793. The van der Waals surface area contributed by atoms with Crippen molar-refractivity contribution in [3.05, 3.63) is 29.8 Å². The predicted molar refractivity (Wildman–Crippen MR) is 119 cm³/mol. The van der Waals surface area contributed by atoms with E-state index in [-0.39, 0.29) is 13.0 Å². The summed E-state index contributed by atoms with van der Waals surface area (Å²) in [5.74, 6) is -2.29. The molecule has 0 aliphatic heterocycles. The molecule has 0 aliphatic rings. The number of aliphatic hydroxyl groups excluding tert-OH is 1. The average molecular weight is 468 g/mol. The summed E-state index contributed by atoms with van der Waals surface area (Å²) >= 11 is 0. The first kappa shape index (κ1) is 27.9. The number of hydrogen-bond donors (Lipinski definition) is 5. The van der Waals surface area contributed by atoms with Crippen LogP contribution >= 0.6 is 0 Å². The van der Waals surface area contributed by atoms with Crippen molar-refractivity contribution in [3.63, 3.8) is 0 Å². The number of carboxylic acid groups (broad SMARTS) is 1. The molecule has 0 spiro atoms. The molecule has 1 aromatic rings. The Morgan fingerprint density at radius 2 is 1.70 bits per heavy atom. The van der Waals surface area contributed by atoms with Gasteiger partial charge in [0.05, 0.1) is 6.61 Å². The number of aliphatic carboxylic acids is 1. The molecule has 0 radical (unpaired) electrons. The van der Waals surface area contributed by atoms with Gasteiger partial charge in [-0.15, -0.1) is 0 Å². The molecule has 0 fully saturated rings. The molecule has 33 heavy (non-hydrogen) atoms. The Morgan fingerprint density at radius 3 is 2.27 bits per heavy atom. The zero-order valence-electron chi connectivity index (χ0n) is 19.2. The summed E-state index contributed by atoms with van der Waals surface area (Å²) in [4.78, 5) is 47.0. The highest BCUT2D eigenvalue weighted by molar-refractivity contribution is 5.97. The lowest BCUT2D eigenvalue weighted by Gasteiger charge is -2.20. The van der Waals surface area contributed by atoms with Gasteiger partial charge in [-0.3, -0.25) is 9.59 Å². The molecule has 0 heterocycles. The number of aliphatic hydroxyl groups is 1. The minimum atomic E-state index is -1.21. The van der Waals surface area contributed by atoms with E-state index in [9.17, 15) is 19.2 Å². The van der Waals surface area contributed by atoms with Crippen molar-refractivity contribution in [2.75, 3.05) is 25.1 Å². The average Bonchev–Trinajstić information content (AvgIpc) is 2.71. The standard InChI is InChI=1S/C22H33N3O8/c1-22(2,3)33-21(31)23-11-5-4-6-17(25-18(27)13-32-14-19(28)29)20(30)24-16-9-7-15(12-26)8-10-16/h7-10,17,26H,4-6,11-14H2,1-3H3,(H,23,31)(H,24,30)(H,25,27)(H,28,29)/t17-/m0/s1. The molecular weight excluding hydrogens is 434 g/mol. The lowest BCUT2D eigenvalue weighted by molar-refractivity contribution is -0.144. The van der Waals surface area contributed by atoms with E-state index in [1.54, 1.807) is 45.0 Å². The third-order valence-corrected chi connectivity index (χ3v) is 4.10. The number of ether oxygens (including phenoxy) is 2. The van der Waals surface area contributed by atoms with E-state index in [1.165, 1.54) is 0 Å². The molecule has 5 N–H and O–H groups in total. The highest BCUT2D eigenvalue weighted by Crippen LogP contribution is 2.12. The Morgan fingerprint density at radius 1 is 1.03 bits per heavy atom. The largest absolute Gasteiger partial charge is 0.480 e. The maximum atomic E-state index is 12.7. The van der Waals surface area contributed by atoms with Gasteiger partial charge in [-0.05, 0) is 57.7 Å². The molecule has 0 saturated heterocycles. The topological polar surface area (TPSA) is 163 Å². The van der Waals surface area contributed by atoms with Crippen molar-refractivity contribution in [2.24, 2.45) is 0 Å². The molecule has 0 saturated carbocycles. The van der Waals surface area contributed by atoms with Crippen LogP contribution in [0.15, 0.2) is 24.3 Å². The van der Waals surface area contributed by atoms with Crippen molar-refractivity contribution in [2.45, 2.75) is 58.3 Å². The second-order valence-corrected chi connectivity index (χ2v) is 8.28. The third-order valence-electron chi connectivity index (χ3n) is 4.10. The van der Waals surface area contributed by atoms with Crippen LogP contribution in [0.25, 0.3) is 0 Å². The van der Waals surface area contributed by atoms with Crippen LogP contribution in [-0.4, -0.2) is 65.5 Å². The predicted octanol–water partition coefficient (Wildman–Crippen LogP) is 1.40. The van der Waals surface area contributed by atoms with Crippen LogP contribution in [0.3, 0.4) is 0 Å². The Labute approximate surface area is 192 Å². The maximum absolute atomic E-state index is 12.7. The Bertz CT molecular complexity index is 790. The van der Waals surface area contributed by atoms with Gasteiger partial charge in [0.1, 0.15) is 24.9 Å². The fourth-order valence-electron chi connectivity index (χ4n) is 2.64. The van der Waals surface area contributed by atoms with Crippen LogP contribution in [0.2, 0.25) is 0 Å². The van der Waals surface area contributed by atoms with Gasteiger partial charge in [0.15, 0.2) is 0 Å². The van der Waals surface area contributed by atoms with E-state index in [1.807, 2.05) is 0 Å². The molecular formula is C22H33N3O8. The monoisotopic (exact) mass is 467 g/mol. The number of amides is 3. The van der Waals surface area contributed by atoms with Crippen LogP contribution in [0.1, 0.15) is 45.6 Å². The number of unbranched alkanes of at least 4 members (excludes halogenated alkanes) is 1. The summed E-state index contributed by atoms with van der Waals surface area (Å²) in [5.41, 5.74) is 0.575. The molecule has 0 unspecified atom stereocenters. The minimum absolute atomic E-state index is 0.124. The fraction of sp³-hybridized carbons (Fsp3) is 0.545. The molecule has 1 atom stereocenters. The smallest absolute Gasteiger partial charge is 0.407 e. The lowest BCUT2D eigenvalue weighted by Crippen LogP contribution is -2.45. The van der Waals surface area contributed by atoms with E-state index in [4.69, 9.17) is 19.7 Å². The number of carbonyl (C=O) groups is 4. The fourth-order valence-corrected chi connectivity index (χ4v) is 2.64. The van der Waals surface area contributed by atoms with Crippen molar-refractivity contribution in [1.29, 1.82) is 0 Å². The van der Waals surface area contributed by atoms with Gasteiger partial charge in [-0.1, -0.05) is 12.1 Å². The first-order valence-corrected chi connectivity index (χ1v) is 10.6. The summed E-state index contributed by atoms with van der Waals surface area (Å²) < 4.78 is 9.91. The summed E-state index contributed by atoms with van der Waals surface area (Å²) in [7, 11) is 0. The second kappa shape index (κ2) is 14.1. The summed E-state index contributed by atoms with van der Waals surface area (Å²) in [6, 6.07) is 5.67. The molecule has 0 aliphatic carbocycles. The Kier molecular flexibility index (Phi) is 11.9. The molecule has 11 heteroatoms. The minimum Gasteiger partial charge on any atom is -0.480 e. The first-order chi connectivity index (χ1) is 15.5. The molecule has 3 amide bonds. The molecule has 1 aromatic carbocycles. The van der Waals surface area contributed by atoms with E-state index >= 15 is 0 Å². The number of hydrogen-bond acceptors (Lipinski definition) is 7. The molecule has 0 aromatic heterocycles. The van der Waals surface area contributed by atoms with Crippen LogP contribution in [0, 0.1) is 0 Å². The number of carboxylic acids is 1. The van der Waals surface area contributed by atoms with Gasteiger partial charge in [-0.25, -0.2) is 9.59 Å². The van der Waals surface area contributed by atoms with E-state index in [0.29, 0.717) is 30.6 Å². The number of benzene rings is 1. The van der Waals surface area contributed by atoms with Crippen LogP contribution in [0.4, 0.5) is 10.5 Å². The van der Waals surface area contributed by atoms with E-state index < -0.39 is 48.7 Å². The van der Waals surface area contributed by atoms with Gasteiger partial charge in [-0.2, -0.15) is 0 Å². The van der Waals surface area contributed by atoms with Crippen LogP contribution in [0.5, 0.6) is 0 Å². The number of alkyl carbamates (subject to hydrolysis) is 1. The van der Waals surface area contributed by atoms with Crippen LogP contribution < -0.4 is 16.0 Å². The highest BCUT2D eigenvalue weighted by atomic mass is 16.6. The van der Waals surface area contributed by atoms with E-state index in [2.05, 4.69) is 16.0 Å². The van der Waals surface area contributed by atoms with Crippen molar-refractivity contribution >= 4 is 29.6 Å². The van der Waals surface area contributed by atoms with Crippen molar-refractivity contribution in [1.82, 2.24) is 10.6 Å². The normalized spacial score (nSPS) is 11.9. The summed E-state index contributed by atoms with van der Waals surface area (Å²) in [5, 5.41) is 25.6. The molecule has 11 nitrogen and oxygen atoms in total. The van der Waals surface area contributed by atoms with Gasteiger partial charge >= 0.3 is 12.1 Å². The molecule has 184 valence electrons. The van der Waals surface area contributed by atoms with Crippen LogP contribution in [-0.2, 0) is 30.5 Å². The first-order valence-electron chi connectivity index (χ1n) is 10.6. The van der Waals surface area contributed by atoms with Gasteiger partial charge in [0, 0.05) is 12.2 Å². The lowest BCUT2D eigenvalue weighted by atomic mass is 10.1. The maximum Gasteiger partial charge on any atom is 0.407 e. The van der Waals surface area contributed by atoms with E-state index in [0.717, 1.165) is 0 Å².